The van der Waals surface area contributed by atoms with Crippen molar-refractivity contribution in [1.82, 2.24) is 0 Å². The zero-order valence-corrected chi connectivity index (χ0v) is 14.3. The molecule has 0 amide bonds. The molecule has 7 nitrogen and oxygen atoms in total. The van der Waals surface area contributed by atoms with Gasteiger partial charge < -0.3 is 14.2 Å². The molecular formula is C19H16N4O3. The minimum Gasteiger partial charge on any atom is -0.497 e. The molecule has 2 heterocycles. The molecule has 0 aromatic heterocycles. The summed E-state index contributed by atoms with van der Waals surface area (Å²) in [7, 11) is 1.53. The maximum absolute atomic E-state index is 10.1. The van der Waals surface area contributed by atoms with E-state index in [0.29, 0.717) is 11.3 Å². The van der Waals surface area contributed by atoms with Crippen LogP contribution in [0.2, 0.25) is 0 Å². The van der Waals surface area contributed by atoms with E-state index in [-0.39, 0.29) is 0 Å². The summed E-state index contributed by atoms with van der Waals surface area (Å²) in [5.74, 6) is -2.08. The fourth-order valence-electron chi connectivity index (χ4n) is 4.04. The Morgan fingerprint density at radius 2 is 1.81 bits per heavy atom. The molecule has 2 bridgehead atoms. The molecule has 1 aromatic rings. The smallest absolute Gasteiger partial charge is 0.218 e. The van der Waals surface area contributed by atoms with E-state index in [1.807, 2.05) is 12.1 Å². The lowest BCUT2D eigenvalue weighted by molar-refractivity contribution is -0.237. The van der Waals surface area contributed by atoms with Crippen molar-refractivity contribution in [2.24, 2.45) is 10.8 Å². The van der Waals surface area contributed by atoms with Gasteiger partial charge in [0.05, 0.1) is 31.2 Å². The Balaban J connectivity index is 2.33. The Bertz CT molecular complexity index is 891. The monoisotopic (exact) mass is 348 g/mol. The second kappa shape index (κ2) is 5.59. The number of nitrogens with one attached hydrogen (secondary N) is 1. The van der Waals surface area contributed by atoms with Gasteiger partial charge >= 0.3 is 0 Å². The molecule has 2 saturated heterocycles. The Kier molecular flexibility index (Phi) is 3.76. The highest BCUT2D eigenvalue weighted by Crippen LogP contribution is 2.66. The zero-order valence-electron chi connectivity index (χ0n) is 14.3. The molecule has 4 unspecified atom stereocenters. The predicted octanol–water partition coefficient (Wildman–Crippen LogP) is 2.63. The lowest BCUT2D eigenvalue weighted by Gasteiger charge is -2.47. The number of rotatable bonds is 3. The van der Waals surface area contributed by atoms with E-state index in [1.165, 1.54) is 13.2 Å². The minimum absolute atomic E-state index is 0.448. The summed E-state index contributed by atoms with van der Waals surface area (Å²) >= 11 is 0. The number of nitrogens with zero attached hydrogens (tertiary/aromatic N) is 3. The molecule has 0 saturated carbocycles. The number of nitriles is 3. The van der Waals surface area contributed by atoms with E-state index in [9.17, 15) is 15.8 Å². The van der Waals surface area contributed by atoms with Crippen LogP contribution in [0.1, 0.15) is 18.4 Å². The lowest BCUT2D eigenvalue weighted by atomic mass is 9.53. The quantitative estimate of drug-likeness (QED) is 0.838. The fourth-order valence-corrected chi connectivity index (χ4v) is 4.04. The molecule has 3 rings (SSSR count). The first-order chi connectivity index (χ1) is 12.4. The van der Waals surface area contributed by atoms with Crippen molar-refractivity contribution in [2.45, 2.75) is 24.7 Å². The van der Waals surface area contributed by atoms with Crippen LogP contribution in [0, 0.1) is 50.2 Å². The second-order valence-electron chi connectivity index (χ2n) is 6.38. The summed E-state index contributed by atoms with van der Waals surface area (Å²) in [6.07, 6.45) is 0.225. The highest BCUT2D eigenvalue weighted by molar-refractivity contribution is 5.90. The molecular weight excluding hydrogens is 332 g/mol. The molecule has 130 valence electrons. The van der Waals surface area contributed by atoms with Gasteiger partial charge in [-0.1, -0.05) is 18.2 Å². The van der Waals surface area contributed by atoms with Crippen LogP contribution in [0.5, 0.6) is 5.75 Å². The number of hydrogen-bond acceptors (Lipinski definition) is 7. The first-order valence-electron chi connectivity index (χ1n) is 7.85. The largest absolute Gasteiger partial charge is 0.497 e. The van der Waals surface area contributed by atoms with Gasteiger partial charge in [0.25, 0.3) is 0 Å². The van der Waals surface area contributed by atoms with Crippen LogP contribution in [-0.2, 0) is 9.47 Å². The lowest BCUT2D eigenvalue weighted by Crippen LogP contribution is -2.60. The highest BCUT2D eigenvalue weighted by atomic mass is 16.7. The molecule has 2 aliphatic heterocycles. The Morgan fingerprint density at radius 3 is 2.27 bits per heavy atom. The van der Waals surface area contributed by atoms with Crippen LogP contribution in [0.4, 0.5) is 0 Å². The normalized spacial score (nSPS) is 33.9. The molecule has 0 radical (unpaired) electrons. The van der Waals surface area contributed by atoms with Crippen LogP contribution >= 0.6 is 0 Å². The zero-order chi connectivity index (χ0) is 19.2. The molecule has 4 atom stereocenters. The van der Waals surface area contributed by atoms with E-state index in [2.05, 4.69) is 12.6 Å². The van der Waals surface area contributed by atoms with Gasteiger partial charge in [-0.3, -0.25) is 5.41 Å². The van der Waals surface area contributed by atoms with E-state index in [1.54, 1.807) is 31.2 Å². The molecule has 7 heteroatoms. The highest BCUT2D eigenvalue weighted by Gasteiger charge is 2.79. The summed E-state index contributed by atoms with van der Waals surface area (Å²) < 4.78 is 16.7. The number of methoxy groups -OCH3 is 1. The maximum Gasteiger partial charge on any atom is 0.218 e. The molecule has 1 N–H and O–H groups in total. The van der Waals surface area contributed by atoms with Crippen LogP contribution in [0.15, 0.2) is 36.9 Å². The first kappa shape index (κ1) is 17.5. The SMILES string of the molecule is C=CC1OC2(C)OC(=N)C(C#N)(C2c2ccc(OC)cc2)C1(C#N)C#N. The number of benzene rings is 1. The number of fused-ring (bicyclic) bond motifs is 2. The van der Waals surface area contributed by atoms with E-state index < -0.39 is 34.5 Å². The van der Waals surface area contributed by atoms with Gasteiger partial charge in [-0.2, -0.15) is 15.8 Å². The van der Waals surface area contributed by atoms with Gasteiger partial charge in [-0.05, 0) is 17.7 Å². The van der Waals surface area contributed by atoms with E-state index >= 15 is 0 Å². The Hall–Kier alpha value is -3.34. The summed E-state index contributed by atoms with van der Waals surface area (Å²) in [4.78, 5) is 0. The fraction of sp³-hybridized carbons (Fsp3) is 0.368. The third-order valence-corrected chi connectivity index (χ3v) is 5.22. The number of hydrogen-bond donors (Lipinski definition) is 1. The average molecular weight is 348 g/mol. The Morgan fingerprint density at radius 1 is 1.19 bits per heavy atom. The minimum atomic E-state index is -1.97. The second-order valence-corrected chi connectivity index (χ2v) is 6.38. The van der Waals surface area contributed by atoms with E-state index in [4.69, 9.17) is 19.6 Å². The molecule has 0 spiro atoms. The van der Waals surface area contributed by atoms with Gasteiger partial charge in [-0.25, -0.2) is 0 Å². The van der Waals surface area contributed by atoms with E-state index in [0.717, 1.165) is 0 Å². The molecule has 2 fully saturated rings. The van der Waals surface area contributed by atoms with Crippen molar-refractivity contribution >= 4 is 5.90 Å². The summed E-state index contributed by atoms with van der Waals surface area (Å²) in [5.41, 5.74) is -3.20. The van der Waals surface area contributed by atoms with Crippen LogP contribution in [-0.4, -0.2) is 24.9 Å². The van der Waals surface area contributed by atoms with Crippen molar-refractivity contribution in [2.75, 3.05) is 7.11 Å². The van der Waals surface area contributed by atoms with Crippen LogP contribution < -0.4 is 4.74 Å². The Labute approximate surface area is 151 Å². The summed E-state index contributed by atoms with van der Waals surface area (Å²) in [6.45, 7) is 5.24. The maximum atomic E-state index is 10.1. The molecule has 2 aliphatic rings. The van der Waals surface area contributed by atoms with Gasteiger partial charge in [-0.15, -0.1) is 6.58 Å². The van der Waals surface area contributed by atoms with Crippen LogP contribution in [0.3, 0.4) is 0 Å². The van der Waals surface area contributed by atoms with Crippen LogP contribution in [0.25, 0.3) is 0 Å². The average Bonchev–Trinajstić information content (AvgIpc) is 2.85. The van der Waals surface area contributed by atoms with Gasteiger partial charge in [0.1, 0.15) is 11.9 Å². The molecule has 26 heavy (non-hydrogen) atoms. The number of ether oxygens (including phenoxy) is 3. The molecule has 0 aliphatic carbocycles. The van der Waals surface area contributed by atoms with Crippen molar-refractivity contribution in [1.29, 1.82) is 21.2 Å². The van der Waals surface area contributed by atoms with Crippen molar-refractivity contribution < 1.29 is 14.2 Å². The van der Waals surface area contributed by atoms with Crippen molar-refractivity contribution in [3.8, 4) is 24.0 Å². The summed E-state index contributed by atoms with van der Waals surface area (Å²) in [6, 6.07) is 12.8. The van der Waals surface area contributed by atoms with Crippen molar-refractivity contribution in [3.05, 3.63) is 42.5 Å². The van der Waals surface area contributed by atoms with Gasteiger partial charge in [0.2, 0.25) is 17.1 Å². The topological polar surface area (TPSA) is 123 Å². The molecule has 1 aromatic carbocycles. The van der Waals surface area contributed by atoms with Gasteiger partial charge in [0, 0.05) is 6.92 Å². The van der Waals surface area contributed by atoms with Gasteiger partial charge in [0.15, 0.2) is 5.41 Å². The third kappa shape index (κ3) is 1.80. The predicted molar refractivity (Wildman–Crippen MR) is 89.7 cm³/mol. The first-order valence-corrected chi connectivity index (χ1v) is 7.85. The standard InChI is InChI=1S/C19H16N4O3/c1-4-14-18(9-20,10-21)19(11-22)15(17(2,25-14)26-16(19)23)12-5-7-13(24-3)8-6-12/h4-8,14-15,23H,1H2,2-3H3. The summed E-state index contributed by atoms with van der Waals surface area (Å²) in [5, 5.41) is 38.2. The third-order valence-electron chi connectivity index (χ3n) is 5.22. The van der Waals surface area contributed by atoms with Crippen molar-refractivity contribution in [3.63, 3.8) is 0 Å².